The van der Waals surface area contributed by atoms with E-state index in [0.717, 1.165) is 36.9 Å². The molecule has 0 saturated carbocycles. The molecule has 4 nitrogen and oxygen atoms in total. The van der Waals surface area contributed by atoms with Gasteiger partial charge < -0.3 is 15.2 Å². The maximum atomic E-state index is 4.25. The molecule has 0 aliphatic carbocycles. The van der Waals surface area contributed by atoms with Crippen LogP contribution in [0.3, 0.4) is 0 Å². The van der Waals surface area contributed by atoms with Gasteiger partial charge in [-0.2, -0.15) is 0 Å². The standard InChI is InChI=1S/C13H22N4/c1-17-11-2-3-12(17)9-10(8-11)14-5-4-13-15-6-7-16-13/h6-7,10-12,14H,2-5,8-9H2,1H3,(H,15,16). The Balaban J connectivity index is 1.44. The Morgan fingerprint density at radius 2 is 2.18 bits per heavy atom. The second-order valence-corrected chi connectivity index (χ2v) is 5.46. The number of piperidine rings is 1. The summed E-state index contributed by atoms with van der Waals surface area (Å²) in [6.07, 6.45) is 10.2. The van der Waals surface area contributed by atoms with Gasteiger partial charge in [0.1, 0.15) is 5.82 Å². The molecular formula is C13H22N4. The molecule has 2 bridgehead atoms. The van der Waals surface area contributed by atoms with Crippen molar-refractivity contribution in [1.82, 2.24) is 20.2 Å². The molecule has 2 N–H and O–H groups in total. The van der Waals surface area contributed by atoms with E-state index in [4.69, 9.17) is 0 Å². The molecule has 2 saturated heterocycles. The number of nitrogens with zero attached hydrogens (tertiary/aromatic N) is 2. The van der Waals surface area contributed by atoms with E-state index in [-0.39, 0.29) is 0 Å². The Morgan fingerprint density at radius 3 is 2.82 bits per heavy atom. The summed E-state index contributed by atoms with van der Waals surface area (Å²) in [5.74, 6) is 1.09. The molecule has 0 radical (unpaired) electrons. The third-order valence-corrected chi connectivity index (χ3v) is 4.45. The molecule has 1 aromatic heterocycles. The second-order valence-electron chi connectivity index (χ2n) is 5.46. The van der Waals surface area contributed by atoms with Crippen molar-refractivity contribution in [1.29, 1.82) is 0 Å². The molecule has 0 spiro atoms. The van der Waals surface area contributed by atoms with Crippen molar-refractivity contribution in [3.63, 3.8) is 0 Å². The average Bonchev–Trinajstić information content (AvgIpc) is 2.87. The third-order valence-electron chi connectivity index (χ3n) is 4.45. The highest BCUT2D eigenvalue weighted by Gasteiger charge is 2.37. The van der Waals surface area contributed by atoms with E-state index in [0.29, 0.717) is 0 Å². The highest BCUT2D eigenvalue weighted by Crippen LogP contribution is 2.34. The van der Waals surface area contributed by atoms with Crippen molar-refractivity contribution in [2.75, 3.05) is 13.6 Å². The van der Waals surface area contributed by atoms with E-state index in [2.05, 4.69) is 27.2 Å². The predicted molar refractivity (Wildman–Crippen MR) is 67.9 cm³/mol. The van der Waals surface area contributed by atoms with Crippen LogP contribution in [0.15, 0.2) is 12.4 Å². The fourth-order valence-corrected chi connectivity index (χ4v) is 3.41. The maximum Gasteiger partial charge on any atom is 0.107 e. The Kier molecular flexibility index (Phi) is 3.16. The second kappa shape index (κ2) is 4.78. The summed E-state index contributed by atoms with van der Waals surface area (Å²) in [6, 6.07) is 2.38. The SMILES string of the molecule is CN1C2CCC1CC(NCCc1ncc[nH]1)C2. The van der Waals surface area contributed by atoms with Crippen molar-refractivity contribution in [2.45, 2.75) is 50.2 Å². The molecule has 2 fully saturated rings. The van der Waals surface area contributed by atoms with Gasteiger partial charge in [-0.05, 0) is 32.7 Å². The van der Waals surface area contributed by atoms with Crippen molar-refractivity contribution < 1.29 is 0 Å². The molecule has 2 aliphatic heterocycles. The number of rotatable bonds is 4. The highest BCUT2D eigenvalue weighted by atomic mass is 15.2. The van der Waals surface area contributed by atoms with E-state index >= 15 is 0 Å². The first kappa shape index (κ1) is 11.2. The minimum Gasteiger partial charge on any atom is -0.349 e. The van der Waals surface area contributed by atoms with Crippen LogP contribution in [-0.4, -0.2) is 46.6 Å². The van der Waals surface area contributed by atoms with Crippen molar-refractivity contribution >= 4 is 0 Å². The van der Waals surface area contributed by atoms with Crippen LogP contribution in [0.5, 0.6) is 0 Å². The van der Waals surface area contributed by atoms with E-state index in [1.807, 2.05) is 12.4 Å². The van der Waals surface area contributed by atoms with E-state index in [9.17, 15) is 0 Å². The first-order chi connectivity index (χ1) is 8.33. The number of hydrogen-bond acceptors (Lipinski definition) is 3. The number of imidazole rings is 1. The molecule has 94 valence electrons. The smallest absolute Gasteiger partial charge is 0.107 e. The normalized spacial score (nSPS) is 33.1. The van der Waals surface area contributed by atoms with Crippen molar-refractivity contribution in [2.24, 2.45) is 0 Å². The monoisotopic (exact) mass is 234 g/mol. The van der Waals surface area contributed by atoms with Crippen LogP contribution in [0, 0.1) is 0 Å². The van der Waals surface area contributed by atoms with E-state index < -0.39 is 0 Å². The minimum atomic E-state index is 0.721. The first-order valence-corrected chi connectivity index (χ1v) is 6.76. The molecule has 2 atom stereocenters. The number of nitrogens with one attached hydrogen (secondary N) is 2. The molecule has 3 rings (SSSR count). The lowest BCUT2D eigenvalue weighted by Gasteiger charge is -2.36. The zero-order chi connectivity index (χ0) is 11.7. The zero-order valence-electron chi connectivity index (χ0n) is 10.5. The molecule has 2 aliphatic rings. The number of fused-ring (bicyclic) bond motifs is 2. The van der Waals surface area contributed by atoms with Gasteiger partial charge >= 0.3 is 0 Å². The van der Waals surface area contributed by atoms with Gasteiger partial charge in [0.15, 0.2) is 0 Å². The lowest BCUT2D eigenvalue weighted by molar-refractivity contribution is 0.149. The molecule has 17 heavy (non-hydrogen) atoms. The van der Waals surface area contributed by atoms with Crippen LogP contribution >= 0.6 is 0 Å². The Hall–Kier alpha value is -0.870. The fourth-order valence-electron chi connectivity index (χ4n) is 3.41. The molecule has 4 heteroatoms. The number of aromatic nitrogens is 2. The number of hydrogen-bond donors (Lipinski definition) is 2. The van der Waals surface area contributed by atoms with E-state index in [1.54, 1.807) is 0 Å². The van der Waals surface area contributed by atoms with Crippen molar-refractivity contribution in [3.05, 3.63) is 18.2 Å². The van der Waals surface area contributed by atoms with Gasteiger partial charge in [0.25, 0.3) is 0 Å². The van der Waals surface area contributed by atoms with Crippen LogP contribution in [0.2, 0.25) is 0 Å². The highest BCUT2D eigenvalue weighted by molar-refractivity contribution is 4.96. The Bertz CT molecular complexity index is 334. The summed E-state index contributed by atoms with van der Waals surface area (Å²) in [6.45, 7) is 1.04. The van der Waals surface area contributed by atoms with E-state index in [1.165, 1.54) is 25.7 Å². The van der Waals surface area contributed by atoms with Gasteiger partial charge in [0, 0.05) is 43.5 Å². The number of aromatic amines is 1. The van der Waals surface area contributed by atoms with Crippen LogP contribution in [-0.2, 0) is 6.42 Å². The zero-order valence-corrected chi connectivity index (χ0v) is 10.5. The minimum absolute atomic E-state index is 0.721. The molecule has 3 heterocycles. The summed E-state index contributed by atoms with van der Waals surface area (Å²) < 4.78 is 0. The van der Waals surface area contributed by atoms with Crippen molar-refractivity contribution in [3.8, 4) is 0 Å². The topological polar surface area (TPSA) is 44.0 Å². The molecule has 0 amide bonds. The molecular weight excluding hydrogens is 212 g/mol. The molecule has 2 unspecified atom stereocenters. The largest absolute Gasteiger partial charge is 0.349 e. The lowest BCUT2D eigenvalue weighted by Crippen LogP contribution is -2.47. The summed E-state index contributed by atoms with van der Waals surface area (Å²) in [5.41, 5.74) is 0. The maximum absolute atomic E-state index is 4.25. The summed E-state index contributed by atoms with van der Waals surface area (Å²) >= 11 is 0. The lowest BCUT2D eigenvalue weighted by atomic mass is 9.98. The van der Waals surface area contributed by atoms with Crippen LogP contribution < -0.4 is 5.32 Å². The van der Waals surface area contributed by atoms with Crippen LogP contribution in [0.4, 0.5) is 0 Å². The number of H-pyrrole nitrogens is 1. The molecule has 1 aromatic rings. The Labute approximate surface area is 103 Å². The molecule has 0 aromatic carbocycles. The summed E-state index contributed by atoms with van der Waals surface area (Å²) in [4.78, 5) is 9.99. The first-order valence-electron chi connectivity index (χ1n) is 6.76. The van der Waals surface area contributed by atoms with Gasteiger partial charge in [-0.3, -0.25) is 0 Å². The van der Waals surface area contributed by atoms with Crippen LogP contribution in [0.25, 0.3) is 0 Å². The van der Waals surface area contributed by atoms with Gasteiger partial charge in [0.2, 0.25) is 0 Å². The predicted octanol–water partition coefficient (Wildman–Crippen LogP) is 1.17. The quantitative estimate of drug-likeness (QED) is 0.822. The van der Waals surface area contributed by atoms with Gasteiger partial charge in [-0.25, -0.2) is 4.98 Å². The summed E-state index contributed by atoms with van der Waals surface area (Å²) in [5, 5.41) is 3.69. The van der Waals surface area contributed by atoms with Gasteiger partial charge in [-0.15, -0.1) is 0 Å². The fraction of sp³-hybridized carbons (Fsp3) is 0.769. The van der Waals surface area contributed by atoms with Gasteiger partial charge in [0.05, 0.1) is 0 Å². The van der Waals surface area contributed by atoms with Crippen LogP contribution in [0.1, 0.15) is 31.5 Å². The average molecular weight is 234 g/mol. The Morgan fingerprint density at radius 1 is 1.41 bits per heavy atom. The van der Waals surface area contributed by atoms with Gasteiger partial charge in [-0.1, -0.05) is 0 Å². The third kappa shape index (κ3) is 2.38. The summed E-state index contributed by atoms with van der Waals surface area (Å²) in [7, 11) is 2.29.